The van der Waals surface area contributed by atoms with Crippen molar-refractivity contribution < 1.29 is 18.3 Å². The lowest BCUT2D eigenvalue weighted by atomic mass is 10.2. The zero-order chi connectivity index (χ0) is 20.0. The predicted octanol–water partition coefficient (Wildman–Crippen LogP) is 1.88. The summed E-state index contributed by atoms with van der Waals surface area (Å²) in [5.41, 5.74) is 0.879. The third kappa shape index (κ3) is 5.16. The van der Waals surface area contributed by atoms with Gasteiger partial charge >= 0.3 is 0 Å². The number of hydrogen-bond acceptors (Lipinski definition) is 6. The van der Waals surface area contributed by atoms with Crippen molar-refractivity contribution in [2.75, 3.05) is 26.2 Å². The first-order valence-corrected chi connectivity index (χ1v) is 11.6. The molecule has 0 spiro atoms. The quantitative estimate of drug-likeness (QED) is 0.700. The van der Waals surface area contributed by atoms with E-state index in [1.807, 2.05) is 6.07 Å². The van der Waals surface area contributed by atoms with E-state index in [0.29, 0.717) is 24.5 Å². The van der Waals surface area contributed by atoms with Crippen LogP contribution in [0.3, 0.4) is 0 Å². The van der Waals surface area contributed by atoms with Gasteiger partial charge in [-0.15, -0.1) is 11.3 Å². The average molecular weight is 424 g/mol. The maximum atomic E-state index is 12.8. The fourth-order valence-corrected chi connectivity index (χ4v) is 6.23. The van der Waals surface area contributed by atoms with E-state index in [9.17, 15) is 18.3 Å². The van der Waals surface area contributed by atoms with Gasteiger partial charge in [0, 0.05) is 43.4 Å². The van der Waals surface area contributed by atoms with Crippen LogP contribution in [0.15, 0.2) is 40.9 Å². The lowest BCUT2D eigenvalue weighted by Crippen LogP contribution is -2.35. The summed E-state index contributed by atoms with van der Waals surface area (Å²) in [4.78, 5) is 19.0. The SMILES string of the molecule is O=C(Cc1ccc(S(=O)(=O)N2CCCCC2)s1)N(CCO)Cc1cccnc1. The molecule has 0 atom stereocenters. The van der Waals surface area contributed by atoms with Gasteiger partial charge in [-0.1, -0.05) is 12.5 Å². The summed E-state index contributed by atoms with van der Waals surface area (Å²) in [6.07, 6.45) is 6.30. The van der Waals surface area contributed by atoms with Crippen LogP contribution >= 0.6 is 11.3 Å². The van der Waals surface area contributed by atoms with E-state index < -0.39 is 10.0 Å². The van der Waals surface area contributed by atoms with E-state index in [1.165, 1.54) is 4.31 Å². The highest BCUT2D eigenvalue weighted by Crippen LogP contribution is 2.27. The molecular formula is C19H25N3O4S2. The van der Waals surface area contributed by atoms with Gasteiger partial charge in [0.1, 0.15) is 4.21 Å². The van der Waals surface area contributed by atoms with E-state index in [1.54, 1.807) is 35.5 Å². The molecule has 152 valence electrons. The zero-order valence-corrected chi connectivity index (χ0v) is 17.3. The van der Waals surface area contributed by atoms with Crippen molar-refractivity contribution in [3.05, 3.63) is 47.1 Å². The normalized spacial score (nSPS) is 15.5. The number of aliphatic hydroxyl groups is 1. The average Bonchev–Trinajstić information content (AvgIpc) is 3.18. The number of piperidine rings is 1. The molecule has 3 rings (SSSR count). The molecule has 1 saturated heterocycles. The summed E-state index contributed by atoms with van der Waals surface area (Å²) >= 11 is 1.15. The van der Waals surface area contributed by atoms with Crippen molar-refractivity contribution in [1.29, 1.82) is 0 Å². The minimum atomic E-state index is -3.48. The van der Waals surface area contributed by atoms with E-state index in [4.69, 9.17) is 0 Å². The van der Waals surface area contributed by atoms with Crippen molar-refractivity contribution in [2.45, 2.75) is 36.4 Å². The molecule has 0 saturated carbocycles. The predicted molar refractivity (Wildman–Crippen MR) is 107 cm³/mol. The molecule has 3 heterocycles. The third-order valence-corrected chi connectivity index (χ3v) is 8.14. The highest BCUT2D eigenvalue weighted by Gasteiger charge is 2.27. The number of thiophene rings is 1. The maximum Gasteiger partial charge on any atom is 0.252 e. The van der Waals surface area contributed by atoms with Crippen LogP contribution in [0, 0.1) is 0 Å². The molecule has 9 heteroatoms. The van der Waals surface area contributed by atoms with Crippen LogP contribution in [0.5, 0.6) is 0 Å². The largest absolute Gasteiger partial charge is 0.395 e. The second-order valence-corrected chi connectivity index (χ2v) is 10.1. The van der Waals surface area contributed by atoms with E-state index in [2.05, 4.69) is 4.98 Å². The second-order valence-electron chi connectivity index (χ2n) is 6.76. The van der Waals surface area contributed by atoms with Gasteiger partial charge in [-0.05, 0) is 36.6 Å². The Labute approximate surface area is 169 Å². The first kappa shape index (κ1) is 20.9. The van der Waals surface area contributed by atoms with Crippen molar-refractivity contribution in [3.63, 3.8) is 0 Å². The van der Waals surface area contributed by atoms with Crippen LogP contribution in [0.2, 0.25) is 0 Å². The molecule has 1 N–H and O–H groups in total. The number of aromatic nitrogens is 1. The molecule has 0 radical (unpaired) electrons. The van der Waals surface area contributed by atoms with Gasteiger partial charge in [0.05, 0.1) is 13.0 Å². The van der Waals surface area contributed by atoms with Crippen LogP contribution in [0.4, 0.5) is 0 Å². The van der Waals surface area contributed by atoms with Gasteiger partial charge in [0.15, 0.2) is 0 Å². The van der Waals surface area contributed by atoms with Crippen LogP contribution < -0.4 is 0 Å². The van der Waals surface area contributed by atoms with E-state index >= 15 is 0 Å². The summed E-state index contributed by atoms with van der Waals surface area (Å²) in [5, 5.41) is 9.29. The number of amides is 1. The van der Waals surface area contributed by atoms with Crippen LogP contribution in [-0.4, -0.2) is 59.9 Å². The number of rotatable bonds is 8. The minimum Gasteiger partial charge on any atom is -0.395 e. The molecule has 2 aromatic heterocycles. The molecule has 0 aromatic carbocycles. The van der Waals surface area contributed by atoms with Gasteiger partial charge in [-0.2, -0.15) is 4.31 Å². The number of carbonyl (C=O) groups excluding carboxylic acids is 1. The number of hydrogen-bond donors (Lipinski definition) is 1. The van der Waals surface area contributed by atoms with Crippen LogP contribution in [0.1, 0.15) is 29.7 Å². The maximum absolute atomic E-state index is 12.8. The van der Waals surface area contributed by atoms with Crippen LogP contribution in [-0.2, 0) is 27.8 Å². The Hall–Kier alpha value is -1.81. The molecule has 1 amide bonds. The number of nitrogens with zero attached hydrogens (tertiary/aromatic N) is 3. The fourth-order valence-electron chi connectivity index (χ4n) is 3.21. The number of carbonyl (C=O) groups is 1. The smallest absolute Gasteiger partial charge is 0.252 e. The molecule has 0 unspecified atom stereocenters. The molecule has 0 aliphatic carbocycles. The topological polar surface area (TPSA) is 90.8 Å². The van der Waals surface area contributed by atoms with Gasteiger partial charge < -0.3 is 10.0 Å². The van der Waals surface area contributed by atoms with Gasteiger partial charge in [0.2, 0.25) is 5.91 Å². The Bertz CT molecular complexity index is 878. The van der Waals surface area contributed by atoms with Gasteiger partial charge in [0.25, 0.3) is 10.0 Å². The molecule has 7 nitrogen and oxygen atoms in total. The molecule has 0 bridgehead atoms. The van der Waals surface area contributed by atoms with Crippen molar-refractivity contribution in [3.8, 4) is 0 Å². The third-order valence-electron chi connectivity index (χ3n) is 4.69. The van der Waals surface area contributed by atoms with Gasteiger partial charge in [-0.25, -0.2) is 8.42 Å². The Morgan fingerprint density at radius 1 is 1.21 bits per heavy atom. The summed E-state index contributed by atoms with van der Waals surface area (Å²) in [5.74, 6) is -0.151. The first-order chi connectivity index (χ1) is 13.5. The van der Waals surface area contributed by atoms with E-state index in [-0.39, 0.29) is 29.7 Å². The molecule has 2 aromatic rings. The monoisotopic (exact) mass is 423 g/mol. The lowest BCUT2D eigenvalue weighted by Gasteiger charge is -2.25. The Morgan fingerprint density at radius 3 is 2.68 bits per heavy atom. The van der Waals surface area contributed by atoms with Crippen molar-refractivity contribution >= 4 is 27.3 Å². The molecule has 1 aliphatic rings. The number of sulfonamides is 1. The lowest BCUT2D eigenvalue weighted by molar-refractivity contribution is -0.131. The van der Waals surface area contributed by atoms with Crippen molar-refractivity contribution in [1.82, 2.24) is 14.2 Å². The standard InChI is InChI=1S/C19H25N3O4S2/c23-12-11-21(15-16-5-4-8-20-14-16)18(24)13-17-6-7-19(27-17)28(25,26)22-9-2-1-3-10-22/h4-8,14,23H,1-3,9-13,15H2. The molecule has 1 aliphatic heterocycles. The highest BCUT2D eigenvalue weighted by atomic mass is 32.2. The summed E-state index contributed by atoms with van der Waals surface area (Å²) < 4.78 is 27.4. The number of pyridine rings is 1. The highest BCUT2D eigenvalue weighted by molar-refractivity contribution is 7.91. The zero-order valence-electron chi connectivity index (χ0n) is 15.7. The minimum absolute atomic E-state index is 0.112. The summed E-state index contributed by atoms with van der Waals surface area (Å²) in [6.45, 7) is 1.56. The summed E-state index contributed by atoms with van der Waals surface area (Å²) in [7, 11) is -3.48. The summed E-state index contributed by atoms with van der Waals surface area (Å²) in [6, 6.07) is 6.97. The van der Waals surface area contributed by atoms with Crippen LogP contribution in [0.25, 0.3) is 0 Å². The number of aliphatic hydroxyl groups excluding tert-OH is 1. The first-order valence-electron chi connectivity index (χ1n) is 9.37. The Balaban J connectivity index is 1.68. The van der Waals surface area contributed by atoms with Gasteiger partial charge in [-0.3, -0.25) is 9.78 Å². The Kier molecular flexibility index (Phi) is 7.17. The Morgan fingerprint density at radius 2 is 2.00 bits per heavy atom. The fraction of sp³-hybridized carbons (Fsp3) is 0.474. The molecular weight excluding hydrogens is 398 g/mol. The molecule has 1 fully saturated rings. The van der Waals surface area contributed by atoms with E-state index in [0.717, 1.165) is 36.2 Å². The molecule has 28 heavy (non-hydrogen) atoms. The second kappa shape index (κ2) is 9.60. The van der Waals surface area contributed by atoms with Crippen molar-refractivity contribution in [2.24, 2.45) is 0 Å².